The molecule has 1 fully saturated rings. The van der Waals surface area contributed by atoms with E-state index in [-0.39, 0.29) is 18.5 Å². The molecule has 1 heterocycles. The van der Waals surface area contributed by atoms with Gasteiger partial charge in [0.25, 0.3) is 0 Å². The zero-order valence-corrected chi connectivity index (χ0v) is 16.9. The van der Waals surface area contributed by atoms with Crippen LogP contribution in [0.25, 0.3) is 0 Å². The van der Waals surface area contributed by atoms with Crippen LogP contribution in [0, 0.1) is 0 Å². The molecule has 1 aliphatic heterocycles. The third-order valence-corrected chi connectivity index (χ3v) is 4.84. The van der Waals surface area contributed by atoms with Crippen LogP contribution in [0.5, 0.6) is 0 Å². The number of nitrogens with zero attached hydrogens (tertiary/aromatic N) is 3. The topological polar surface area (TPSA) is 60.0 Å². The summed E-state index contributed by atoms with van der Waals surface area (Å²) in [5, 5.41) is 7.62. The lowest BCUT2D eigenvalue weighted by atomic mass is 10.2. The van der Waals surface area contributed by atoms with E-state index in [1.54, 1.807) is 19.0 Å². The van der Waals surface area contributed by atoms with Crippen molar-refractivity contribution in [3.05, 3.63) is 29.3 Å². The molecule has 6 nitrogen and oxygen atoms in total. The molecule has 7 heteroatoms. The molecule has 0 spiro atoms. The fourth-order valence-corrected chi connectivity index (χ4v) is 2.84. The largest absolute Gasteiger partial charge is 0.369 e. The molecule has 0 aromatic heterocycles. The van der Waals surface area contributed by atoms with Crippen molar-refractivity contribution in [2.45, 2.75) is 38.8 Å². The molecular weight excluding hydrogens is 350 g/mol. The van der Waals surface area contributed by atoms with Gasteiger partial charge in [0.15, 0.2) is 5.96 Å². The number of rotatable bonds is 6. The lowest BCUT2D eigenvalue weighted by molar-refractivity contribution is -0.127. The molecule has 1 saturated heterocycles. The van der Waals surface area contributed by atoms with Crippen LogP contribution in [0.15, 0.2) is 29.3 Å². The number of halogens is 1. The van der Waals surface area contributed by atoms with Crippen molar-refractivity contribution in [1.29, 1.82) is 0 Å². The van der Waals surface area contributed by atoms with E-state index in [1.165, 1.54) is 5.69 Å². The molecule has 1 aromatic carbocycles. The summed E-state index contributed by atoms with van der Waals surface area (Å²) < 4.78 is 0. The number of carbonyl (C=O) groups is 1. The van der Waals surface area contributed by atoms with Gasteiger partial charge in [-0.3, -0.25) is 4.79 Å². The molecule has 0 saturated carbocycles. The fourth-order valence-electron chi connectivity index (χ4n) is 2.71. The molecule has 0 bridgehead atoms. The molecule has 1 amide bonds. The van der Waals surface area contributed by atoms with E-state index in [2.05, 4.69) is 34.4 Å². The van der Waals surface area contributed by atoms with Crippen LogP contribution in [0.3, 0.4) is 0 Å². The zero-order valence-electron chi connectivity index (χ0n) is 16.1. The number of carbonyl (C=O) groups excluding carboxylic acids is 1. The predicted octanol–water partition coefficient (Wildman–Crippen LogP) is 2.34. The highest BCUT2D eigenvalue weighted by Gasteiger charge is 2.24. The van der Waals surface area contributed by atoms with Gasteiger partial charge in [0.1, 0.15) is 6.54 Å². The lowest BCUT2D eigenvalue weighted by Crippen LogP contribution is -2.48. The van der Waals surface area contributed by atoms with Crippen LogP contribution in [0.2, 0.25) is 5.02 Å². The van der Waals surface area contributed by atoms with E-state index in [1.807, 2.05) is 24.3 Å². The quantitative estimate of drug-likeness (QED) is 0.588. The molecule has 1 aliphatic rings. The third kappa shape index (κ3) is 6.09. The van der Waals surface area contributed by atoms with Gasteiger partial charge in [-0.05, 0) is 44.0 Å². The first-order valence-corrected chi connectivity index (χ1v) is 9.55. The summed E-state index contributed by atoms with van der Waals surface area (Å²) in [5.41, 5.74) is 1.18. The van der Waals surface area contributed by atoms with E-state index in [9.17, 15) is 4.79 Å². The average molecular weight is 380 g/mol. The number of amides is 1. The highest BCUT2D eigenvalue weighted by Crippen LogP contribution is 2.22. The molecule has 26 heavy (non-hydrogen) atoms. The van der Waals surface area contributed by atoms with E-state index in [0.717, 1.165) is 31.0 Å². The first kappa shape index (κ1) is 20.4. The minimum atomic E-state index is -0.00976. The van der Waals surface area contributed by atoms with Crippen molar-refractivity contribution in [2.24, 2.45) is 4.99 Å². The third-order valence-electron chi connectivity index (χ3n) is 4.59. The van der Waals surface area contributed by atoms with E-state index in [0.29, 0.717) is 12.0 Å². The number of anilines is 1. The zero-order chi connectivity index (χ0) is 19.1. The number of hydrogen-bond acceptors (Lipinski definition) is 3. The summed E-state index contributed by atoms with van der Waals surface area (Å²) in [4.78, 5) is 20.2. The Balaban J connectivity index is 1.97. The highest BCUT2D eigenvalue weighted by atomic mass is 35.5. The SMILES string of the molecule is CCC(C)NC(=NCC(=O)N(C)C)NC1CCN(c2ccc(Cl)cc2)C1. The number of aliphatic imine (C=N–C) groups is 1. The monoisotopic (exact) mass is 379 g/mol. The normalized spacial score (nSPS) is 18.6. The maximum Gasteiger partial charge on any atom is 0.243 e. The van der Waals surface area contributed by atoms with Crippen molar-refractivity contribution in [2.75, 3.05) is 38.6 Å². The summed E-state index contributed by atoms with van der Waals surface area (Å²) in [6.07, 6.45) is 2.01. The second-order valence-corrected chi connectivity index (χ2v) is 7.40. The van der Waals surface area contributed by atoms with E-state index < -0.39 is 0 Å². The lowest BCUT2D eigenvalue weighted by Gasteiger charge is -2.22. The van der Waals surface area contributed by atoms with Gasteiger partial charge in [0.05, 0.1) is 0 Å². The number of nitrogens with one attached hydrogen (secondary N) is 2. The van der Waals surface area contributed by atoms with Crippen molar-refractivity contribution >= 4 is 29.2 Å². The van der Waals surface area contributed by atoms with Crippen LogP contribution >= 0.6 is 11.6 Å². The van der Waals surface area contributed by atoms with Gasteiger partial charge in [0.2, 0.25) is 5.91 Å². The first-order chi connectivity index (χ1) is 12.4. The molecule has 2 unspecified atom stereocenters. The Morgan fingerprint density at radius 3 is 2.69 bits per heavy atom. The van der Waals surface area contributed by atoms with E-state index >= 15 is 0 Å². The molecule has 0 aliphatic carbocycles. The smallest absolute Gasteiger partial charge is 0.243 e. The fraction of sp³-hybridized carbons (Fsp3) is 0.579. The second-order valence-electron chi connectivity index (χ2n) is 6.96. The minimum Gasteiger partial charge on any atom is -0.369 e. The van der Waals surface area contributed by atoms with Gasteiger partial charge in [-0.15, -0.1) is 0 Å². The number of guanidine groups is 1. The number of hydrogen-bond donors (Lipinski definition) is 2. The standard InChI is InChI=1S/C19H30ClN5O/c1-5-14(2)22-19(21-12-18(26)24(3)4)23-16-10-11-25(13-16)17-8-6-15(20)7-9-17/h6-9,14,16H,5,10-13H2,1-4H3,(H2,21,22,23). The van der Waals surface area contributed by atoms with E-state index in [4.69, 9.17) is 11.6 Å². The van der Waals surface area contributed by atoms with Gasteiger partial charge >= 0.3 is 0 Å². The molecule has 2 rings (SSSR count). The van der Waals surface area contributed by atoms with Gasteiger partial charge in [-0.1, -0.05) is 18.5 Å². The second kappa shape index (κ2) is 9.67. The van der Waals surface area contributed by atoms with Crippen LogP contribution in [-0.2, 0) is 4.79 Å². The first-order valence-electron chi connectivity index (χ1n) is 9.17. The Bertz CT molecular complexity index is 617. The average Bonchev–Trinajstić information content (AvgIpc) is 3.08. The minimum absolute atomic E-state index is 0.00976. The molecule has 1 aromatic rings. The molecule has 144 valence electrons. The van der Waals surface area contributed by atoms with Crippen LogP contribution < -0.4 is 15.5 Å². The van der Waals surface area contributed by atoms with Crippen LogP contribution in [-0.4, -0.2) is 62.6 Å². The van der Waals surface area contributed by atoms with Crippen molar-refractivity contribution in [3.8, 4) is 0 Å². The summed E-state index contributed by atoms with van der Waals surface area (Å²) in [6, 6.07) is 8.52. The Labute approximate surface area is 161 Å². The van der Waals surface area contributed by atoms with Crippen molar-refractivity contribution in [1.82, 2.24) is 15.5 Å². The Hall–Kier alpha value is -1.95. The summed E-state index contributed by atoms with van der Waals surface area (Å²) in [6.45, 7) is 6.25. The Morgan fingerprint density at radius 2 is 2.08 bits per heavy atom. The van der Waals surface area contributed by atoms with Gasteiger partial charge in [-0.2, -0.15) is 0 Å². The molecular formula is C19H30ClN5O. The predicted molar refractivity (Wildman–Crippen MR) is 109 cm³/mol. The molecule has 2 N–H and O–H groups in total. The highest BCUT2D eigenvalue weighted by molar-refractivity contribution is 6.30. The molecule has 2 atom stereocenters. The van der Waals surface area contributed by atoms with Gasteiger partial charge < -0.3 is 20.4 Å². The van der Waals surface area contributed by atoms with Gasteiger partial charge in [0, 0.05) is 50.0 Å². The van der Waals surface area contributed by atoms with Crippen molar-refractivity contribution in [3.63, 3.8) is 0 Å². The van der Waals surface area contributed by atoms with Crippen molar-refractivity contribution < 1.29 is 4.79 Å². The van der Waals surface area contributed by atoms with Crippen LogP contribution in [0.1, 0.15) is 26.7 Å². The summed E-state index contributed by atoms with van der Waals surface area (Å²) >= 11 is 5.97. The maximum absolute atomic E-state index is 11.8. The Kier molecular flexibility index (Phi) is 7.57. The van der Waals surface area contributed by atoms with Gasteiger partial charge in [-0.25, -0.2) is 4.99 Å². The van der Waals surface area contributed by atoms with Crippen LogP contribution in [0.4, 0.5) is 5.69 Å². The summed E-state index contributed by atoms with van der Waals surface area (Å²) in [7, 11) is 3.49. The number of likely N-dealkylation sites (N-methyl/N-ethyl adjacent to an activating group) is 1. The summed E-state index contributed by atoms with van der Waals surface area (Å²) in [5.74, 6) is 0.696. The Morgan fingerprint density at radius 1 is 1.38 bits per heavy atom. The maximum atomic E-state index is 11.8. The number of benzene rings is 1. The molecule has 0 radical (unpaired) electrons.